The largest absolute Gasteiger partial charge is 0.381 e. The van der Waals surface area contributed by atoms with Crippen LogP contribution in [0.4, 0.5) is 27.5 Å². The van der Waals surface area contributed by atoms with Crippen LogP contribution in [0.2, 0.25) is 0 Å². The van der Waals surface area contributed by atoms with E-state index in [1.165, 1.54) is 183 Å². The molecule has 2 aromatic carbocycles. The van der Waals surface area contributed by atoms with Gasteiger partial charge in [0.05, 0.1) is 15.5 Å². The number of anilines is 1. The van der Waals surface area contributed by atoms with Crippen molar-refractivity contribution >= 4 is 34.9 Å². The Morgan fingerprint density at radius 1 is 0.673 bits per heavy atom. The molecule has 0 bridgehead atoms. The summed E-state index contributed by atoms with van der Waals surface area (Å²) in [5, 5.41) is 26.2. The minimum atomic E-state index is -0.519. The Labute approximate surface area is 330 Å². The van der Waals surface area contributed by atoms with Gasteiger partial charge in [0, 0.05) is 49.7 Å². The van der Waals surface area contributed by atoms with Crippen molar-refractivity contribution in [2.24, 2.45) is 10.7 Å². The first-order valence-corrected chi connectivity index (χ1v) is 20.7. The molecule has 55 heavy (non-hydrogen) atoms. The van der Waals surface area contributed by atoms with Gasteiger partial charge >= 0.3 is 6.03 Å². The van der Waals surface area contributed by atoms with E-state index in [0.717, 1.165) is 32.6 Å². The van der Waals surface area contributed by atoms with E-state index >= 15 is 0 Å². The van der Waals surface area contributed by atoms with Crippen LogP contribution in [0.1, 0.15) is 155 Å². The van der Waals surface area contributed by atoms with Crippen LogP contribution in [-0.2, 0) is 9.53 Å². The Morgan fingerprint density at radius 2 is 1.07 bits per heavy atom. The number of nitrogens with one attached hydrogen (secondary N) is 2. The molecular weight excluding hydrogens is 700 g/mol. The van der Waals surface area contributed by atoms with Gasteiger partial charge in [-0.05, 0) is 56.5 Å². The van der Waals surface area contributed by atoms with Crippen molar-refractivity contribution in [2.75, 3.05) is 31.6 Å². The second-order valence-corrected chi connectivity index (χ2v) is 13.6. The zero-order valence-corrected chi connectivity index (χ0v) is 33.8. The second-order valence-electron chi connectivity index (χ2n) is 13.6. The summed E-state index contributed by atoms with van der Waals surface area (Å²) in [5.41, 5.74) is 6.31. The first-order chi connectivity index (χ1) is 26.8. The van der Waals surface area contributed by atoms with Crippen LogP contribution in [0, 0.1) is 20.2 Å². The number of ether oxygens (including phenoxy) is 1. The van der Waals surface area contributed by atoms with Crippen molar-refractivity contribution < 1.29 is 24.2 Å². The number of hydrogen-bond acceptors (Lipinski definition) is 9. The van der Waals surface area contributed by atoms with Crippen molar-refractivity contribution in [2.45, 2.75) is 155 Å². The van der Waals surface area contributed by atoms with Crippen LogP contribution < -0.4 is 16.4 Å². The molecule has 0 radical (unpaired) electrons. The number of nitro benzene ring substituents is 2. The lowest BCUT2D eigenvalue weighted by molar-refractivity contribution is -0.385. The number of rotatable bonds is 25. The number of aliphatic imine (C=N–C) groups is 1. The van der Waals surface area contributed by atoms with Crippen molar-refractivity contribution in [3.8, 4) is 0 Å². The molecule has 0 unspecified atom stereocenters. The number of non-ortho nitro benzene ring substituents is 2. The number of carbonyl (C=O) groups is 1. The molecule has 1 fully saturated rings. The Bertz CT molecular complexity index is 1230. The Morgan fingerprint density at radius 3 is 1.44 bits per heavy atom. The third-order valence-corrected chi connectivity index (χ3v) is 8.77. The SMILES string of the molecule is C1CCOC1.CCCCCCCCCCCCN.CCCCCCCCCCCCNC(=O)Nc1ccc([N+](=O)[O-])cc1.O=C=Nc1ccc([N+](=O)[O-])cc1. The molecule has 4 N–H and O–H groups in total. The number of nitro groups is 2. The van der Waals surface area contributed by atoms with Gasteiger partial charge in [0.1, 0.15) is 0 Å². The minimum absolute atomic E-state index is 0.0105. The molecule has 1 aliphatic rings. The first kappa shape index (κ1) is 50.8. The van der Waals surface area contributed by atoms with Crippen LogP contribution in [0.3, 0.4) is 0 Å². The Balaban J connectivity index is 0.000000809. The van der Waals surface area contributed by atoms with E-state index in [9.17, 15) is 29.8 Å². The molecule has 0 aromatic heterocycles. The van der Waals surface area contributed by atoms with Gasteiger partial charge in [-0.2, -0.15) is 4.99 Å². The van der Waals surface area contributed by atoms with Crippen molar-refractivity contribution in [1.29, 1.82) is 0 Å². The number of nitrogens with zero attached hydrogens (tertiary/aromatic N) is 3. The molecule has 13 nitrogen and oxygen atoms in total. The summed E-state index contributed by atoms with van der Waals surface area (Å²) in [6, 6.07) is 10.8. The number of amides is 2. The molecule has 0 spiro atoms. The lowest BCUT2D eigenvalue weighted by Gasteiger charge is -2.07. The summed E-state index contributed by atoms with van der Waals surface area (Å²) < 4.78 is 4.94. The summed E-state index contributed by atoms with van der Waals surface area (Å²) in [4.78, 5) is 44.5. The van der Waals surface area contributed by atoms with Gasteiger partial charge < -0.3 is 21.1 Å². The van der Waals surface area contributed by atoms with E-state index < -0.39 is 9.85 Å². The van der Waals surface area contributed by atoms with Crippen molar-refractivity contribution in [1.82, 2.24) is 5.32 Å². The van der Waals surface area contributed by atoms with E-state index in [1.54, 1.807) is 0 Å². The molecule has 0 saturated carbocycles. The number of isocyanates is 1. The zero-order valence-electron chi connectivity index (χ0n) is 33.8. The van der Waals surface area contributed by atoms with E-state index in [4.69, 9.17) is 10.5 Å². The monoisotopic (exact) mass is 771 g/mol. The number of nitrogens with two attached hydrogens (primary N) is 1. The lowest BCUT2D eigenvalue weighted by Crippen LogP contribution is -2.29. The van der Waals surface area contributed by atoms with Crippen LogP contribution in [0.15, 0.2) is 53.5 Å². The molecule has 0 atom stereocenters. The van der Waals surface area contributed by atoms with Gasteiger partial charge in [-0.15, -0.1) is 0 Å². The molecule has 2 amide bonds. The van der Waals surface area contributed by atoms with Gasteiger partial charge in [0.2, 0.25) is 6.08 Å². The van der Waals surface area contributed by atoms with E-state index in [-0.39, 0.29) is 17.4 Å². The highest BCUT2D eigenvalue weighted by atomic mass is 16.6. The zero-order chi connectivity index (χ0) is 40.6. The van der Waals surface area contributed by atoms with Gasteiger partial charge in [-0.25, -0.2) is 9.59 Å². The molecule has 13 heteroatoms. The highest BCUT2D eigenvalue weighted by molar-refractivity contribution is 5.89. The third kappa shape index (κ3) is 32.9. The highest BCUT2D eigenvalue weighted by Gasteiger charge is 2.06. The van der Waals surface area contributed by atoms with Crippen LogP contribution >= 0.6 is 0 Å². The van der Waals surface area contributed by atoms with Gasteiger partial charge in [-0.3, -0.25) is 20.2 Å². The molecule has 1 saturated heterocycles. The van der Waals surface area contributed by atoms with Gasteiger partial charge in [0.15, 0.2) is 0 Å². The Kier molecular flexibility index (Phi) is 35.2. The molecule has 2 aromatic rings. The molecular formula is C42H70N6O7. The van der Waals surface area contributed by atoms with Crippen LogP contribution in [0.5, 0.6) is 0 Å². The molecule has 0 aliphatic carbocycles. The van der Waals surface area contributed by atoms with Crippen LogP contribution in [-0.4, -0.2) is 48.3 Å². The summed E-state index contributed by atoms with van der Waals surface area (Å²) in [6.07, 6.45) is 30.5. The average molecular weight is 771 g/mol. The van der Waals surface area contributed by atoms with E-state index in [0.29, 0.717) is 17.9 Å². The minimum Gasteiger partial charge on any atom is -0.381 e. The van der Waals surface area contributed by atoms with E-state index in [2.05, 4.69) is 29.5 Å². The molecule has 1 aliphatic heterocycles. The fourth-order valence-corrected chi connectivity index (χ4v) is 5.50. The van der Waals surface area contributed by atoms with Gasteiger partial charge in [-0.1, -0.05) is 129 Å². The maximum absolute atomic E-state index is 11.7. The highest BCUT2D eigenvalue weighted by Crippen LogP contribution is 2.17. The number of unbranched alkanes of at least 4 members (excludes halogenated alkanes) is 18. The molecule has 3 rings (SSSR count). The molecule has 1 heterocycles. The number of hydrogen-bond donors (Lipinski definition) is 3. The second kappa shape index (κ2) is 38.1. The normalized spacial score (nSPS) is 11.3. The number of urea groups is 1. The molecule has 310 valence electrons. The predicted molar refractivity (Wildman–Crippen MR) is 224 cm³/mol. The predicted octanol–water partition coefficient (Wildman–Crippen LogP) is 11.9. The topological polar surface area (TPSA) is 192 Å². The fourth-order valence-electron chi connectivity index (χ4n) is 5.50. The summed E-state index contributed by atoms with van der Waals surface area (Å²) in [7, 11) is 0. The third-order valence-electron chi connectivity index (χ3n) is 8.77. The maximum atomic E-state index is 11.7. The average Bonchev–Trinajstić information content (AvgIpc) is 3.78. The summed E-state index contributed by atoms with van der Waals surface area (Å²) >= 11 is 0. The van der Waals surface area contributed by atoms with E-state index in [1.807, 2.05) is 0 Å². The summed E-state index contributed by atoms with van der Waals surface area (Å²) in [5.74, 6) is 0. The number of carbonyl (C=O) groups excluding carboxylic acids is 2. The van der Waals surface area contributed by atoms with Crippen LogP contribution in [0.25, 0.3) is 0 Å². The first-order valence-electron chi connectivity index (χ1n) is 20.7. The quantitative estimate of drug-likeness (QED) is 0.0292. The fraction of sp³-hybridized carbons (Fsp3) is 0.667. The Hall–Kier alpha value is -4.19. The maximum Gasteiger partial charge on any atom is 0.319 e. The summed E-state index contributed by atoms with van der Waals surface area (Å²) in [6.45, 7) is 8.03. The standard InChI is InChI=1S/C19H31N3O3.C12H27N.C7H4N2O3.C4H8O/c1-2-3-4-5-6-7-8-9-10-11-16-20-19(23)21-17-12-14-18(15-13-17)22(24)25;1-2-3-4-5-6-7-8-9-10-11-12-13;10-5-8-6-1-3-7(4-2-6)9(11)12;1-2-4-5-3-1/h12-15H,2-11,16H2,1H3,(H2,20,21,23);2-13H2,1H3;1-4H;1-4H2. The smallest absolute Gasteiger partial charge is 0.319 e. The van der Waals surface area contributed by atoms with Crippen molar-refractivity contribution in [3.63, 3.8) is 0 Å². The van der Waals surface area contributed by atoms with Crippen molar-refractivity contribution in [3.05, 3.63) is 68.8 Å². The van der Waals surface area contributed by atoms with Gasteiger partial charge in [0.25, 0.3) is 11.4 Å². The lowest BCUT2D eigenvalue weighted by atomic mass is 10.1. The number of benzene rings is 2.